The zero-order valence-corrected chi connectivity index (χ0v) is 23.9. The van der Waals surface area contributed by atoms with Crippen LogP contribution in [0.15, 0.2) is 60.7 Å². The second-order valence-corrected chi connectivity index (χ2v) is 12.4. The number of carboxylic acid groups (broad SMARTS) is 1. The van der Waals surface area contributed by atoms with Crippen molar-refractivity contribution in [3.05, 3.63) is 83.2 Å². The largest absolute Gasteiger partial charge is 0.497 e. The molecule has 40 heavy (non-hydrogen) atoms. The van der Waals surface area contributed by atoms with E-state index in [1.165, 1.54) is 31.7 Å². The fourth-order valence-corrected chi connectivity index (χ4v) is 6.47. The number of aliphatic carboxylic acids is 1. The summed E-state index contributed by atoms with van der Waals surface area (Å²) in [4.78, 5) is 11.5. The summed E-state index contributed by atoms with van der Waals surface area (Å²) in [5.41, 5.74) is 4.82. The molecular formula is C35H41FO4. The average Bonchev–Trinajstić information content (AvgIpc) is 3.76. The first-order valence-electron chi connectivity index (χ1n) is 14.6. The third-order valence-corrected chi connectivity index (χ3v) is 8.93. The highest BCUT2D eigenvalue weighted by Crippen LogP contribution is 2.50. The van der Waals surface area contributed by atoms with E-state index in [9.17, 15) is 9.90 Å². The summed E-state index contributed by atoms with van der Waals surface area (Å²) in [7, 11) is 1.60. The molecule has 1 N–H and O–H groups in total. The molecule has 2 atom stereocenters. The Morgan fingerprint density at radius 2 is 1.82 bits per heavy atom. The summed E-state index contributed by atoms with van der Waals surface area (Å²) < 4.78 is 26.8. The van der Waals surface area contributed by atoms with Crippen molar-refractivity contribution >= 4 is 5.97 Å². The molecule has 0 spiro atoms. The Morgan fingerprint density at radius 3 is 2.55 bits per heavy atom. The number of rotatable bonds is 11. The molecule has 0 aromatic heterocycles. The second-order valence-electron chi connectivity index (χ2n) is 12.4. The second kappa shape index (κ2) is 12.0. The van der Waals surface area contributed by atoms with Gasteiger partial charge in [-0.25, -0.2) is 4.39 Å². The molecule has 212 valence electrons. The van der Waals surface area contributed by atoms with Crippen molar-refractivity contribution in [2.45, 2.75) is 83.7 Å². The highest BCUT2D eigenvalue weighted by molar-refractivity contribution is 5.71. The molecular weight excluding hydrogens is 503 g/mol. The Bertz CT molecular complexity index is 1340. The fourth-order valence-electron chi connectivity index (χ4n) is 6.47. The van der Waals surface area contributed by atoms with Crippen molar-refractivity contribution < 1.29 is 23.8 Å². The average molecular weight is 545 g/mol. The monoisotopic (exact) mass is 544 g/mol. The summed E-state index contributed by atoms with van der Waals surface area (Å²) in [5.74, 6) is 1.33. The maximum absolute atomic E-state index is 15.1. The van der Waals surface area contributed by atoms with E-state index in [2.05, 4.69) is 19.9 Å². The van der Waals surface area contributed by atoms with Gasteiger partial charge in [0.05, 0.1) is 13.5 Å². The lowest BCUT2D eigenvalue weighted by atomic mass is 9.65. The van der Waals surface area contributed by atoms with Gasteiger partial charge in [0.25, 0.3) is 0 Å². The number of benzene rings is 3. The molecule has 3 aromatic carbocycles. The van der Waals surface area contributed by atoms with Crippen molar-refractivity contribution in [1.29, 1.82) is 0 Å². The van der Waals surface area contributed by atoms with Crippen LogP contribution in [0.2, 0.25) is 0 Å². The van der Waals surface area contributed by atoms with Crippen LogP contribution < -0.4 is 9.47 Å². The zero-order chi connectivity index (χ0) is 28.3. The first-order valence-corrected chi connectivity index (χ1v) is 14.6. The molecule has 4 nitrogen and oxygen atoms in total. The number of halogens is 1. The molecule has 2 aliphatic carbocycles. The maximum Gasteiger partial charge on any atom is 0.303 e. The maximum atomic E-state index is 15.1. The SMILES string of the molecule is COc1ccc(F)c(-c2ccc(COc3cccc([C@H](CC(=O)O)CC4CC4)c3)cc2[C@@H]2CCCCC2(C)C)c1. The third-order valence-electron chi connectivity index (χ3n) is 8.93. The van der Waals surface area contributed by atoms with Crippen LogP contribution in [0.3, 0.4) is 0 Å². The Hall–Kier alpha value is -3.34. The molecule has 0 radical (unpaired) electrons. The summed E-state index contributed by atoms with van der Waals surface area (Å²) in [5, 5.41) is 9.46. The van der Waals surface area contributed by atoms with Crippen LogP contribution in [-0.2, 0) is 11.4 Å². The first kappa shape index (κ1) is 28.2. The van der Waals surface area contributed by atoms with Crippen LogP contribution in [-0.4, -0.2) is 18.2 Å². The molecule has 5 heteroatoms. The number of methoxy groups -OCH3 is 1. The van der Waals surface area contributed by atoms with Crippen LogP contribution in [0.5, 0.6) is 11.5 Å². The molecule has 0 saturated heterocycles. The molecule has 3 aromatic rings. The van der Waals surface area contributed by atoms with Gasteiger partial charge in [-0.05, 0) is 95.0 Å². The van der Waals surface area contributed by atoms with Crippen LogP contribution in [0.25, 0.3) is 11.1 Å². The van der Waals surface area contributed by atoms with Gasteiger partial charge >= 0.3 is 5.97 Å². The number of hydrogen-bond donors (Lipinski definition) is 1. The van der Waals surface area contributed by atoms with Crippen molar-refractivity contribution in [3.63, 3.8) is 0 Å². The Balaban J connectivity index is 1.43. The van der Waals surface area contributed by atoms with Gasteiger partial charge in [-0.1, -0.05) is 69.9 Å². The Labute approximate surface area is 237 Å². The highest BCUT2D eigenvalue weighted by Gasteiger charge is 2.35. The standard InChI is InChI=1S/C35H41FO4/c1-35(2)16-5-4-9-32(35)30-18-24(12-14-29(30)31-21-27(39-3)13-15-33(31)36)22-40-28-8-6-7-25(19-28)26(20-34(37)38)17-23-10-11-23/h6-8,12-15,18-19,21,23,26,32H,4-5,9-11,16-17,20,22H2,1-3H3,(H,37,38)/t26-,32-/m0/s1. The van der Waals surface area contributed by atoms with E-state index in [1.54, 1.807) is 19.2 Å². The minimum absolute atomic E-state index is 0.00530. The summed E-state index contributed by atoms with van der Waals surface area (Å²) in [6.07, 6.45) is 8.05. The van der Waals surface area contributed by atoms with Gasteiger partial charge in [0.2, 0.25) is 0 Å². The van der Waals surface area contributed by atoms with Gasteiger partial charge in [0.15, 0.2) is 0 Å². The number of ether oxygens (including phenoxy) is 2. The van der Waals surface area contributed by atoms with Crippen molar-refractivity contribution in [2.75, 3.05) is 7.11 Å². The van der Waals surface area contributed by atoms with Crippen LogP contribution in [0, 0.1) is 17.2 Å². The molecule has 0 amide bonds. The lowest BCUT2D eigenvalue weighted by molar-refractivity contribution is -0.137. The van der Waals surface area contributed by atoms with E-state index < -0.39 is 5.97 Å². The van der Waals surface area contributed by atoms with E-state index in [-0.39, 0.29) is 23.6 Å². The van der Waals surface area contributed by atoms with Crippen LogP contribution in [0.4, 0.5) is 4.39 Å². The van der Waals surface area contributed by atoms with Gasteiger partial charge in [-0.3, -0.25) is 4.79 Å². The van der Waals surface area contributed by atoms with Crippen LogP contribution in [0.1, 0.15) is 93.7 Å². The van der Waals surface area contributed by atoms with Gasteiger partial charge in [-0.2, -0.15) is 0 Å². The van der Waals surface area contributed by atoms with Crippen molar-refractivity contribution in [2.24, 2.45) is 11.3 Å². The lowest BCUT2D eigenvalue weighted by Crippen LogP contribution is -2.26. The predicted octanol–water partition coefficient (Wildman–Crippen LogP) is 9.12. The van der Waals surface area contributed by atoms with E-state index in [0.29, 0.717) is 29.8 Å². The Kier molecular flexibility index (Phi) is 8.48. The van der Waals surface area contributed by atoms with Crippen molar-refractivity contribution in [3.8, 4) is 22.6 Å². The molecule has 2 fully saturated rings. The summed E-state index contributed by atoms with van der Waals surface area (Å²) in [6, 6.07) is 19.1. The molecule has 0 bridgehead atoms. The predicted molar refractivity (Wildman–Crippen MR) is 156 cm³/mol. The van der Waals surface area contributed by atoms with E-state index in [4.69, 9.17) is 9.47 Å². The molecule has 5 rings (SSSR count). The smallest absolute Gasteiger partial charge is 0.303 e. The number of carboxylic acids is 1. The van der Waals surface area contributed by atoms with E-state index >= 15 is 4.39 Å². The van der Waals surface area contributed by atoms with Gasteiger partial charge in [0, 0.05) is 5.56 Å². The van der Waals surface area contributed by atoms with Gasteiger partial charge in [-0.15, -0.1) is 0 Å². The van der Waals surface area contributed by atoms with Crippen LogP contribution >= 0.6 is 0 Å². The molecule has 0 unspecified atom stereocenters. The number of hydrogen-bond acceptors (Lipinski definition) is 3. The molecule has 2 saturated carbocycles. The summed E-state index contributed by atoms with van der Waals surface area (Å²) >= 11 is 0. The molecule has 0 heterocycles. The topological polar surface area (TPSA) is 55.8 Å². The highest BCUT2D eigenvalue weighted by atomic mass is 19.1. The zero-order valence-electron chi connectivity index (χ0n) is 23.9. The minimum atomic E-state index is -0.761. The quantitative estimate of drug-likeness (QED) is 0.261. The van der Waals surface area contributed by atoms with E-state index in [0.717, 1.165) is 47.3 Å². The van der Waals surface area contributed by atoms with Gasteiger partial charge < -0.3 is 14.6 Å². The fraction of sp³-hybridized carbons (Fsp3) is 0.457. The molecule has 0 aliphatic heterocycles. The molecule has 2 aliphatic rings. The van der Waals surface area contributed by atoms with Gasteiger partial charge in [0.1, 0.15) is 23.9 Å². The normalized spacial score (nSPS) is 19.1. The minimum Gasteiger partial charge on any atom is -0.497 e. The third kappa shape index (κ3) is 6.68. The first-order chi connectivity index (χ1) is 19.2. The summed E-state index contributed by atoms with van der Waals surface area (Å²) in [6.45, 7) is 5.04. The number of carbonyl (C=O) groups is 1. The lowest BCUT2D eigenvalue weighted by Gasteiger charge is -2.40. The van der Waals surface area contributed by atoms with E-state index in [1.807, 2.05) is 36.4 Å². The Morgan fingerprint density at radius 1 is 1.00 bits per heavy atom. The van der Waals surface area contributed by atoms with Crippen molar-refractivity contribution in [1.82, 2.24) is 0 Å².